The highest BCUT2D eigenvalue weighted by Crippen LogP contribution is 2.67. The summed E-state index contributed by atoms with van der Waals surface area (Å²) in [5.41, 5.74) is 1.98. The van der Waals surface area contributed by atoms with Crippen LogP contribution in [0.15, 0.2) is 11.6 Å². The van der Waals surface area contributed by atoms with Crippen LogP contribution in [0.5, 0.6) is 0 Å². The largest absolute Gasteiger partial charge is 0.393 e. The van der Waals surface area contributed by atoms with Gasteiger partial charge in [0.15, 0.2) is 0 Å². The Morgan fingerprint density at radius 1 is 1.38 bits per heavy atom. The lowest BCUT2D eigenvalue weighted by atomic mass is 9.66. The summed E-state index contributed by atoms with van der Waals surface area (Å²) in [7, 11) is 0. The minimum Gasteiger partial charge on any atom is -0.393 e. The van der Waals surface area contributed by atoms with E-state index in [-0.39, 0.29) is 11.5 Å². The van der Waals surface area contributed by atoms with Gasteiger partial charge in [0.25, 0.3) is 0 Å². The van der Waals surface area contributed by atoms with Gasteiger partial charge < -0.3 is 5.11 Å². The highest BCUT2D eigenvalue weighted by Gasteiger charge is 2.62. The molecule has 2 bridgehead atoms. The molecule has 0 saturated heterocycles. The van der Waals surface area contributed by atoms with Crippen LogP contribution < -0.4 is 0 Å². The third-order valence-electron chi connectivity index (χ3n) is 5.68. The third kappa shape index (κ3) is 1.55. The number of aliphatic hydroxyl groups is 1. The van der Waals surface area contributed by atoms with Crippen LogP contribution in [0, 0.1) is 16.7 Å². The van der Waals surface area contributed by atoms with E-state index >= 15 is 0 Å². The van der Waals surface area contributed by atoms with E-state index in [1.54, 1.807) is 0 Å². The molecule has 1 N–H and O–H groups in total. The van der Waals surface area contributed by atoms with E-state index in [1.807, 2.05) is 0 Å². The van der Waals surface area contributed by atoms with Crippen molar-refractivity contribution in [2.45, 2.75) is 65.9 Å². The first kappa shape index (κ1) is 12.2. The van der Waals surface area contributed by atoms with Gasteiger partial charge in [0, 0.05) is 0 Å². The molecular formula is C15H26O. The lowest BCUT2D eigenvalue weighted by Gasteiger charge is -2.40. The van der Waals surface area contributed by atoms with Crippen LogP contribution in [0.25, 0.3) is 0 Å². The van der Waals surface area contributed by atoms with Gasteiger partial charge in [-0.2, -0.15) is 0 Å². The SMILES string of the molecule is CC(C)=CCC[C@]1(C)[C@@H]2CC[C@@]1(C)[C@@H](O)C2. The van der Waals surface area contributed by atoms with Gasteiger partial charge in [-0.3, -0.25) is 0 Å². The van der Waals surface area contributed by atoms with Crippen molar-refractivity contribution in [2.24, 2.45) is 16.7 Å². The number of aliphatic hydroxyl groups excluding tert-OH is 1. The van der Waals surface area contributed by atoms with Gasteiger partial charge >= 0.3 is 0 Å². The van der Waals surface area contributed by atoms with Crippen LogP contribution in [0.4, 0.5) is 0 Å². The van der Waals surface area contributed by atoms with Gasteiger partial charge in [-0.1, -0.05) is 25.5 Å². The molecule has 2 saturated carbocycles. The molecule has 2 rings (SSSR count). The van der Waals surface area contributed by atoms with E-state index in [1.165, 1.54) is 31.3 Å². The fourth-order valence-electron chi connectivity index (χ4n) is 4.15. The highest BCUT2D eigenvalue weighted by molar-refractivity contribution is 5.13. The summed E-state index contributed by atoms with van der Waals surface area (Å²) in [6.07, 6.45) is 8.32. The molecule has 1 heteroatoms. The molecule has 1 nitrogen and oxygen atoms in total. The van der Waals surface area contributed by atoms with Gasteiger partial charge in [0.1, 0.15) is 0 Å². The Bertz CT molecular complexity index is 303. The minimum absolute atomic E-state index is 0.0528. The lowest BCUT2D eigenvalue weighted by molar-refractivity contribution is 0.00200. The molecule has 0 aromatic carbocycles. The van der Waals surface area contributed by atoms with E-state index in [0.29, 0.717) is 5.41 Å². The van der Waals surface area contributed by atoms with Gasteiger partial charge in [0.05, 0.1) is 6.10 Å². The Morgan fingerprint density at radius 3 is 2.50 bits per heavy atom. The van der Waals surface area contributed by atoms with Gasteiger partial charge in [-0.05, 0) is 62.7 Å². The van der Waals surface area contributed by atoms with Crippen LogP contribution >= 0.6 is 0 Å². The Morgan fingerprint density at radius 2 is 2.06 bits per heavy atom. The number of hydrogen-bond acceptors (Lipinski definition) is 1. The normalized spacial score (nSPS) is 46.1. The maximum atomic E-state index is 10.2. The van der Waals surface area contributed by atoms with Gasteiger partial charge in [-0.25, -0.2) is 0 Å². The van der Waals surface area contributed by atoms with Gasteiger partial charge in [-0.15, -0.1) is 0 Å². The van der Waals surface area contributed by atoms with Crippen molar-refractivity contribution < 1.29 is 5.11 Å². The second kappa shape index (κ2) is 3.87. The van der Waals surface area contributed by atoms with E-state index in [0.717, 1.165) is 12.3 Å². The fourth-order valence-corrected chi connectivity index (χ4v) is 4.15. The fraction of sp³-hybridized carbons (Fsp3) is 0.867. The molecule has 2 aliphatic rings. The quantitative estimate of drug-likeness (QED) is 0.718. The van der Waals surface area contributed by atoms with Crippen molar-refractivity contribution in [1.82, 2.24) is 0 Å². The Hall–Kier alpha value is -0.300. The summed E-state index contributed by atoms with van der Waals surface area (Å²) in [5.74, 6) is 0.762. The lowest BCUT2D eigenvalue weighted by Crippen LogP contribution is -2.37. The summed E-state index contributed by atoms with van der Waals surface area (Å²) in [5, 5.41) is 10.2. The van der Waals surface area contributed by atoms with Crippen LogP contribution in [0.1, 0.15) is 59.8 Å². The van der Waals surface area contributed by atoms with E-state index in [9.17, 15) is 5.11 Å². The maximum Gasteiger partial charge on any atom is 0.0601 e. The van der Waals surface area contributed by atoms with Crippen LogP contribution in [-0.2, 0) is 0 Å². The molecule has 0 heterocycles. The Kier molecular flexibility index (Phi) is 2.94. The summed E-state index contributed by atoms with van der Waals surface area (Å²) < 4.78 is 0. The number of allylic oxidation sites excluding steroid dienone is 2. The van der Waals surface area contributed by atoms with Gasteiger partial charge in [0.2, 0.25) is 0 Å². The Labute approximate surface area is 99.9 Å². The minimum atomic E-state index is -0.0528. The third-order valence-corrected chi connectivity index (χ3v) is 5.68. The van der Waals surface area contributed by atoms with E-state index in [2.05, 4.69) is 33.8 Å². The predicted molar refractivity (Wildman–Crippen MR) is 68.2 cm³/mol. The topological polar surface area (TPSA) is 20.2 Å². The van der Waals surface area contributed by atoms with Crippen LogP contribution in [0.2, 0.25) is 0 Å². The number of hydrogen-bond donors (Lipinski definition) is 1. The van der Waals surface area contributed by atoms with Crippen molar-refractivity contribution in [3.63, 3.8) is 0 Å². The average Bonchev–Trinajstić information content (AvgIpc) is 2.52. The first-order valence-electron chi connectivity index (χ1n) is 6.71. The average molecular weight is 222 g/mol. The zero-order valence-corrected chi connectivity index (χ0v) is 11.2. The molecular weight excluding hydrogens is 196 g/mol. The second-order valence-corrected chi connectivity index (χ2v) is 6.64. The maximum absolute atomic E-state index is 10.2. The van der Waals surface area contributed by atoms with Crippen LogP contribution in [0.3, 0.4) is 0 Å². The molecule has 92 valence electrons. The molecule has 0 radical (unpaired) electrons. The predicted octanol–water partition coefficient (Wildman–Crippen LogP) is 3.92. The molecule has 16 heavy (non-hydrogen) atoms. The molecule has 2 fully saturated rings. The summed E-state index contributed by atoms with van der Waals surface area (Å²) >= 11 is 0. The highest BCUT2D eigenvalue weighted by atomic mass is 16.3. The second-order valence-electron chi connectivity index (χ2n) is 6.64. The summed E-state index contributed by atoms with van der Waals surface area (Å²) in [6.45, 7) is 9.07. The molecule has 0 aromatic heterocycles. The van der Waals surface area contributed by atoms with Crippen LogP contribution in [-0.4, -0.2) is 11.2 Å². The summed E-state index contributed by atoms with van der Waals surface area (Å²) in [4.78, 5) is 0. The van der Waals surface area contributed by atoms with Crippen molar-refractivity contribution in [3.8, 4) is 0 Å². The molecule has 2 aliphatic carbocycles. The first-order valence-corrected chi connectivity index (χ1v) is 6.71. The number of rotatable bonds is 3. The van der Waals surface area contributed by atoms with Crippen molar-refractivity contribution in [1.29, 1.82) is 0 Å². The first-order chi connectivity index (χ1) is 7.40. The Balaban J connectivity index is 2.10. The molecule has 4 atom stereocenters. The van der Waals surface area contributed by atoms with E-state index in [4.69, 9.17) is 0 Å². The van der Waals surface area contributed by atoms with Crippen molar-refractivity contribution in [2.75, 3.05) is 0 Å². The molecule has 0 aliphatic heterocycles. The number of fused-ring (bicyclic) bond motifs is 2. The molecule has 0 aromatic rings. The summed E-state index contributed by atoms with van der Waals surface area (Å²) in [6, 6.07) is 0. The van der Waals surface area contributed by atoms with Crippen molar-refractivity contribution in [3.05, 3.63) is 11.6 Å². The molecule has 0 spiro atoms. The monoisotopic (exact) mass is 222 g/mol. The van der Waals surface area contributed by atoms with Crippen molar-refractivity contribution >= 4 is 0 Å². The van der Waals surface area contributed by atoms with E-state index < -0.39 is 0 Å². The molecule has 0 amide bonds. The molecule has 0 unspecified atom stereocenters. The smallest absolute Gasteiger partial charge is 0.0601 e. The zero-order chi connectivity index (χ0) is 12.0. The standard InChI is InChI=1S/C15H26O/c1-11(2)6-5-8-14(3)12-7-9-15(14,4)13(16)10-12/h6,12-13,16H,5,7-10H2,1-4H3/t12-,13+,14-,15+/m1/s1. The zero-order valence-electron chi connectivity index (χ0n) is 11.2.